The molecule has 1 amide bonds. The molecule has 0 aliphatic rings. The minimum atomic E-state index is 0. The van der Waals surface area contributed by atoms with Gasteiger partial charge in [0.2, 0.25) is 5.91 Å². The summed E-state index contributed by atoms with van der Waals surface area (Å²) < 4.78 is 1.87. The minimum Gasteiger partial charge on any atom is -0.352 e. The third kappa shape index (κ3) is 7.62. The van der Waals surface area contributed by atoms with E-state index in [0.717, 1.165) is 35.9 Å². The van der Waals surface area contributed by atoms with E-state index in [0.29, 0.717) is 18.9 Å². The number of nitrogens with one attached hydrogen (secondary N) is 2. The number of nitrogens with zero attached hydrogens (tertiary/aromatic N) is 4. The van der Waals surface area contributed by atoms with E-state index in [1.807, 2.05) is 50.0 Å². The highest BCUT2D eigenvalue weighted by atomic mass is 127. The number of hydrogen-bond acceptors (Lipinski definition) is 3. The summed E-state index contributed by atoms with van der Waals surface area (Å²) in [7, 11) is 5.77. The Hall–Kier alpha value is -2.10. The molecule has 1 aromatic carbocycles. The maximum absolute atomic E-state index is 11.7. The van der Waals surface area contributed by atoms with Crippen LogP contribution in [0.3, 0.4) is 0 Å². The van der Waals surface area contributed by atoms with E-state index < -0.39 is 0 Å². The first-order valence-electron chi connectivity index (χ1n) is 10.2. The standard InChI is InChI=1S/C22H34N6O.HI/c1-7-8-20(29)25-19-11-9-17(10-12-19)13-24-22(23-4)27(5)14-18-15-28(6)26-21(18)16(2)3;/h9-12,15-16H,7-8,13-14H2,1-6H3,(H,23,24)(H,25,29);1H. The van der Waals surface area contributed by atoms with Crippen molar-refractivity contribution in [1.82, 2.24) is 20.0 Å². The highest BCUT2D eigenvalue weighted by Gasteiger charge is 2.15. The second-order valence-corrected chi connectivity index (χ2v) is 7.62. The van der Waals surface area contributed by atoms with E-state index in [2.05, 4.69) is 45.7 Å². The number of carbonyl (C=O) groups is 1. The molecule has 8 heteroatoms. The second kappa shape index (κ2) is 12.6. The van der Waals surface area contributed by atoms with Gasteiger partial charge < -0.3 is 15.5 Å². The Bertz CT molecular complexity index is 829. The van der Waals surface area contributed by atoms with Crippen LogP contribution < -0.4 is 10.6 Å². The molecule has 0 atom stereocenters. The van der Waals surface area contributed by atoms with Crippen LogP contribution in [0, 0.1) is 0 Å². The Morgan fingerprint density at radius 3 is 2.50 bits per heavy atom. The summed E-state index contributed by atoms with van der Waals surface area (Å²) in [5.41, 5.74) is 4.28. The number of anilines is 1. The molecule has 0 radical (unpaired) electrons. The number of benzene rings is 1. The quantitative estimate of drug-likeness (QED) is 0.309. The Morgan fingerprint density at radius 2 is 1.93 bits per heavy atom. The average molecular weight is 526 g/mol. The molecule has 2 rings (SSSR count). The first kappa shape index (κ1) is 25.9. The van der Waals surface area contributed by atoms with Crippen molar-refractivity contribution in [2.45, 2.75) is 52.6 Å². The van der Waals surface area contributed by atoms with Crippen molar-refractivity contribution in [3.63, 3.8) is 0 Å². The normalized spacial score (nSPS) is 11.2. The summed E-state index contributed by atoms with van der Waals surface area (Å²) in [5.74, 6) is 1.26. The van der Waals surface area contributed by atoms with Crippen molar-refractivity contribution in [2.24, 2.45) is 12.0 Å². The van der Waals surface area contributed by atoms with Crippen LogP contribution in [0.1, 0.15) is 56.4 Å². The third-order valence-corrected chi connectivity index (χ3v) is 4.63. The molecule has 0 aliphatic heterocycles. The van der Waals surface area contributed by atoms with Crippen molar-refractivity contribution in [3.8, 4) is 0 Å². The van der Waals surface area contributed by atoms with Gasteiger partial charge in [-0.1, -0.05) is 32.9 Å². The average Bonchev–Trinajstić information content (AvgIpc) is 3.04. The van der Waals surface area contributed by atoms with Gasteiger partial charge in [-0.25, -0.2) is 0 Å². The first-order valence-corrected chi connectivity index (χ1v) is 10.2. The summed E-state index contributed by atoms with van der Waals surface area (Å²) in [6, 6.07) is 7.89. The molecule has 0 saturated carbocycles. The number of aliphatic imine (C=N–C) groups is 1. The Kier molecular flexibility index (Phi) is 10.9. The van der Waals surface area contributed by atoms with Crippen molar-refractivity contribution in [1.29, 1.82) is 0 Å². The van der Waals surface area contributed by atoms with Crippen LogP contribution in [0.25, 0.3) is 0 Å². The highest BCUT2D eigenvalue weighted by molar-refractivity contribution is 14.0. The molecule has 1 aromatic heterocycles. The lowest BCUT2D eigenvalue weighted by Crippen LogP contribution is -2.38. The van der Waals surface area contributed by atoms with Crippen LogP contribution in [0.4, 0.5) is 5.69 Å². The summed E-state index contributed by atoms with van der Waals surface area (Å²) in [4.78, 5) is 18.2. The van der Waals surface area contributed by atoms with Crippen molar-refractivity contribution >= 4 is 41.5 Å². The molecule has 7 nitrogen and oxygen atoms in total. The van der Waals surface area contributed by atoms with Gasteiger partial charge in [0.05, 0.1) is 5.69 Å². The van der Waals surface area contributed by atoms with Gasteiger partial charge in [0.25, 0.3) is 0 Å². The zero-order chi connectivity index (χ0) is 21.4. The van der Waals surface area contributed by atoms with Crippen LogP contribution in [-0.4, -0.2) is 40.6 Å². The molecule has 0 fully saturated rings. The topological polar surface area (TPSA) is 74.6 Å². The number of guanidine groups is 1. The van der Waals surface area contributed by atoms with E-state index in [1.54, 1.807) is 7.05 Å². The highest BCUT2D eigenvalue weighted by Crippen LogP contribution is 2.18. The lowest BCUT2D eigenvalue weighted by Gasteiger charge is -2.22. The van der Waals surface area contributed by atoms with Crippen LogP contribution in [0.5, 0.6) is 0 Å². The Morgan fingerprint density at radius 1 is 1.27 bits per heavy atom. The summed E-state index contributed by atoms with van der Waals surface area (Å²) >= 11 is 0. The van der Waals surface area contributed by atoms with Crippen molar-refractivity contribution in [3.05, 3.63) is 47.3 Å². The van der Waals surface area contributed by atoms with Gasteiger partial charge in [-0.3, -0.25) is 14.5 Å². The molecular weight excluding hydrogens is 491 g/mol. The summed E-state index contributed by atoms with van der Waals surface area (Å²) in [5, 5.41) is 10.9. The molecule has 2 N–H and O–H groups in total. The first-order chi connectivity index (χ1) is 13.8. The molecule has 30 heavy (non-hydrogen) atoms. The fourth-order valence-corrected chi connectivity index (χ4v) is 3.22. The molecular formula is C22H35IN6O. The molecule has 0 aliphatic carbocycles. The van der Waals surface area contributed by atoms with Gasteiger partial charge >= 0.3 is 0 Å². The smallest absolute Gasteiger partial charge is 0.224 e. The minimum absolute atomic E-state index is 0. The maximum Gasteiger partial charge on any atom is 0.224 e. The van der Waals surface area contributed by atoms with Crippen LogP contribution in [-0.2, 0) is 24.9 Å². The van der Waals surface area contributed by atoms with E-state index in [9.17, 15) is 4.79 Å². The molecule has 166 valence electrons. The largest absolute Gasteiger partial charge is 0.352 e. The Balaban J connectivity index is 0.00000450. The zero-order valence-electron chi connectivity index (χ0n) is 18.9. The number of aromatic nitrogens is 2. The number of rotatable bonds is 8. The lowest BCUT2D eigenvalue weighted by atomic mass is 10.1. The van der Waals surface area contributed by atoms with E-state index in [1.165, 1.54) is 5.56 Å². The number of carbonyl (C=O) groups excluding carboxylic acids is 1. The molecule has 0 saturated heterocycles. The van der Waals surface area contributed by atoms with Gasteiger partial charge in [-0.2, -0.15) is 5.10 Å². The van der Waals surface area contributed by atoms with Gasteiger partial charge in [0, 0.05) is 58.1 Å². The number of hydrogen-bond donors (Lipinski definition) is 2. The van der Waals surface area contributed by atoms with E-state index >= 15 is 0 Å². The van der Waals surface area contributed by atoms with Crippen LogP contribution in [0.15, 0.2) is 35.5 Å². The van der Waals surface area contributed by atoms with Gasteiger partial charge in [-0.05, 0) is 30.0 Å². The van der Waals surface area contributed by atoms with E-state index in [-0.39, 0.29) is 29.9 Å². The van der Waals surface area contributed by atoms with E-state index in [4.69, 9.17) is 0 Å². The number of aryl methyl sites for hydroxylation is 1. The molecule has 0 unspecified atom stereocenters. The third-order valence-electron chi connectivity index (χ3n) is 4.63. The molecule has 1 heterocycles. The predicted octanol–water partition coefficient (Wildman–Crippen LogP) is 4.11. The Labute approximate surface area is 197 Å². The number of amides is 1. The fraction of sp³-hybridized carbons (Fsp3) is 0.500. The van der Waals surface area contributed by atoms with Crippen LogP contribution >= 0.6 is 24.0 Å². The molecule has 0 spiro atoms. The predicted molar refractivity (Wildman–Crippen MR) is 134 cm³/mol. The monoisotopic (exact) mass is 526 g/mol. The maximum atomic E-state index is 11.7. The van der Waals surface area contributed by atoms with Crippen molar-refractivity contribution < 1.29 is 4.79 Å². The van der Waals surface area contributed by atoms with Crippen molar-refractivity contribution in [2.75, 3.05) is 19.4 Å². The lowest BCUT2D eigenvalue weighted by molar-refractivity contribution is -0.116. The second-order valence-electron chi connectivity index (χ2n) is 7.62. The zero-order valence-corrected chi connectivity index (χ0v) is 21.2. The van der Waals surface area contributed by atoms with Gasteiger partial charge in [0.15, 0.2) is 5.96 Å². The van der Waals surface area contributed by atoms with Crippen LogP contribution in [0.2, 0.25) is 0 Å². The summed E-state index contributed by atoms with van der Waals surface area (Å²) in [6.45, 7) is 7.71. The fourth-order valence-electron chi connectivity index (χ4n) is 3.22. The van der Waals surface area contributed by atoms with Gasteiger partial charge in [-0.15, -0.1) is 24.0 Å². The molecule has 0 bridgehead atoms. The SMILES string of the molecule is CCCC(=O)Nc1ccc(CNC(=NC)N(C)Cc2cn(C)nc2C(C)C)cc1.I. The van der Waals surface area contributed by atoms with Gasteiger partial charge in [0.1, 0.15) is 0 Å². The summed E-state index contributed by atoms with van der Waals surface area (Å²) in [6.07, 6.45) is 3.46. The number of halogens is 1. The molecule has 2 aromatic rings.